The van der Waals surface area contributed by atoms with Crippen LogP contribution in [-0.2, 0) is 29.3 Å². The quantitative estimate of drug-likeness (QED) is 0.480. The molecule has 29 heavy (non-hydrogen) atoms. The van der Waals surface area contributed by atoms with Crippen molar-refractivity contribution in [2.24, 2.45) is 0 Å². The van der Waals surface area contributed by atoms with Crippen molar-refractivity contribution in [2.45, 2.75) is 44.9 Å². The Morgan fingerprint density at radius 3 is 2.17 bits per heavy atom. The molecule has 5 heteroatoms. The van der Waals surface area contributed by atoms with Gasteiger partial charge in [0.05, 0.1) is 15.9 Å². The molecule has 0 aliphatic heterocycles. The summed E-state index contributed by atoms with van der Waals surface area (Å²) in [6, 6.07) is 15.7. The minimum atomic E-state index is -3.81. The van der Waals surface area contributed by atoms with Crippen LogP contribution in [0.5, 0.6) is 5.75 Å². The lowest BCUT2D eigenvalue weighted by atomic mass is 9.94. The van der Waals surface area contributed by atoms with E-state index in [9.17, 15) is 13.5 Å². The van der Waals surface area contributed by atoms with E-state index in [0.29, 0.717) is 5.52 Å². The molecular weight excluding hydrogens is 382 g/mol. The number of rotatable bonds is 5. The van der Waals surface area contributed by atoms with E-state index in [4.69, 9.17) is 0 Å². The van der Waals surface area contributed by atoms with Gasteiger partial charge in [-0.1, -0.05) is 45.0 Å². The number of aromatic hydroxyl groups is 1. The Morgan fingerprint density at radius 1 is 0.862 bits per heavy atom. The van der Waals surface area contributed by atoms with Gasteiger partial charge in [-0.05, 0) is 66.3 Å². The van der Waals surface area contributed by atoms with Gasteiger partial charge in [-0.15, -0.1) is 0 Å². The molecule has 4 rings (SSSR count). The summed E-state index contributed by atoms with van der Waals surface area (Å²) in [6.45, 7) is 6.25. The molecule has 0 atom stereocenters. The van der Waals surface area contributed by atoms with Crippen LogP contribution in [0, 0.1) is 0 Å². The van der Waals surface area contributed by atoms with Crippen LogP contribution < -0.4 is 0 Å². The molecule has 0 aliphatic rings. The second-order valence-corrected chi connectivity index (χ2v) is 9.03. The van der Waals surface area contributed by atoms with Gasteiger partial charge < -0.3 is 5.11 Å². The van der Waals surface area contributed by atoms with E-state index < -0.39 is 10.0 Å². The van der Waals surface area contributed by atoms with Crippen LogP contribution in [0.3, 0.4) is 0 Å². The maximum absolute atomic E-state index is 13.8. The highest BCUT2D eigenvalue weighted by atomic mass is 32.2. The molecule has 4 aromatic rings. The average molecular weight is 408 g/mol. The first-order chi connectivity index (χ1) is 13.9. The zero-order valence-electron chi connectivity index (χ0n) is 16.9. The second kappa shape index (κ2) is 7.23. The Labute approximate surface area is 171 Å². The fourth-order valence-electron chi connectivity index (χ4n) is 4.31. The van der Waals surface area contributed by atoms with Crippen molar-refractivity contribution in [1.29, 1.82) is 0 Å². The third-order valence-electron chi connectivity index (χ3n) is 5.65. The van der Waals surface area contributed by atoms with E-state index in [1.54, 1.807) is 42.5 Å². The number of aryl methyl sites for hydroxylation is 3. The molecule has 0 amide bonds. The maximum atomic E-state index is 13.8. The zero-order chi connectivity index (χ0) is 20.8. The van der Waals surface area contributed by atoms with Crippen LogP contribution in [0.25, 0.3) is 21.8 Å². The number of phenols is 1. The summed E-state index contributed by atoms with van der Waals surface area (Å²) in [4.78, 5) is 0.258. The van der Waals surface area contributed by atoms with E-state index in [0.717, 1.165) is 46.7 Å². The van der Waals surface area contributed by atoms with Crippen molar-refractivity contribution in [1.82, 2.24) is 3.97 Å². The lowest BCUT2D eigenvalue weighted by Gasteiger charge is -2.15. The van der Waals surface area contributed by atoms with Crippen LogP contribution in [0.15, 0.2) is 59.5 Å². The molecule has 0 saturated carbocycles. The van der Waals surface area contributed by atoms with E-state index in [1.165, 1.54) is 9.54 Å². The first-order valence-electron chi connectivity index (χ1n) is 10.0. The SMILES string of the molecule is CCc1cc(CC)c2c3cc(O)ccc3n(S(=O)(=O)c3ccccc3)c2c1CC. The first kappa shape index (κ1) is 19.5. The van der Waals surface area contributed by atoms with Crippen LogP contribution in [0.4, 0.5) is 0 Å². The highest BCUT2D eigenvalue weighted by Crippen LogP contribution is 2.39. The number of hydrogen-bond donors (Lipinski definition) is 1. The number of fused-ring (bicyclic) bond motifs is 3. The number of hydrogen-bond acceptors (Lipinski definition) is 3. The Balaban J connectivity index is 2.30. The van der Waals surface area contributed by atoms with Crippen molar-refractivity contribution < 1.29 is 13.5 Å². The molecule has 0 fully saturated rings. The summed E-state index contributed by atoms with van der Waals surface area (Å²) in [7, 11) is -3.81. The minimum absolute atomic E-state index is 0.133. The fraction of sp³-hybridized carbons (Fsp3) is 0.250. The van der Waals surface area contributed by atoms with Gasteiger partial charge in [0.2, 0.25) is 0 Å². The molecule has 0 radical (unpaired) electrons. The first-order valence-corrected chi connectivity index (χ1v) is 11.5. The molecule has 1 heterocycles. The highest BCUT2D eigenvalue weighted by Gasteiger charge is 2.27. The minimum Gasteiger partial charge on any atom is -0.508 e. The number of nitrogens with zero attached hydrogens (tertiary/aromatic N) is 1. The van der Waals surface area contributed by atoms with Crippen molar-refractivity contribution in [3.05, 3.63) is 71.3 Å². The summed E-state index contributed by atoms with van der Waals surface area (Å²) in [5.41, 5.74) is 4.67. The molecule has 3 aromatic carbocycles. The smallest absolute Gasteiger partial charge is 0.268 e. The molecule has 150 valence electrons. The van der Waals surface area contributed by atoms with Crippen molar-refractivity contribution >= 4 is 31.8 Å². The lowest BCUT2D eigenvalue weighted by molar-refractivity contribution is 0.476. The van der Waals surface area contributed by atoms with Gasteiger partial charge in [0.15, 0.2) is 0 Å². The molecule has 4 nitrogen and oxygen atoms in total. The zero-order valence-corrected chi connectivity index (χ0v) is 17.8. The number of aromatic nitrogens is 1. The monoisotopic (exact) mass is 407 g/mol. The molecular formula is C24H25NO3S. The summed E-state index contributed by atoms with van der Waals surface area (Å²) in [6.07, 6.45) is 2.36. The van der Waals surface area contributed by atoms with Gasteiger partial charge >= 0.3 is 0 Å². The Bertz CT molecular complexity index is 1320. The van der Waals surface area contributed by atoms with E-state index in [2.05, 4.69) is 26.8 Å². The molecule has 0 bridgehead atoms. The standard InChI is InChI=1S/C24H25NO3S/c1-4-16-14-17(5-2)23-21-15-18(26)12-13-22(21)25(24(23)20(16)6-3)29(27,28)19-10-8-7-9-11-19/h7-15,26H,4-6H2,1-3H3. The summed E-state index contributed by atoms with van der Waals surface area (Å²) < 4.78 is 29.0. The topological polar surface area (TPSA) is 59.3 Å². The molecule has 1 N–H and O–H groups in total. The second-order valence-electron chi connectivity index (χ2n) is 7.24. The Morgan fingerprint density at radius 2 is 1.55 bits per heavy atom. The van der Waals surface area contributed by atoms with Gasteiger partial charge in [0.1, 0.15) is 5.75 Å². The summed E-state index contributed by atoms with van der Waals surface area (Å²) in [5.74, 6) is 0.133. The van der Waals surface area contributed by atoms with Crippen LogP contribution in [0.1, 0.15) is 37.5 Å². The Kier molecular flexibility index (Phi) is 4.87. The normalized spacial score (nSPS) is 12.1. The average Bonchev–Trinajstić information content (AvgIpc) is 3.08. The van der Waals surface area contributed by atoms with Crippen molar-refractivity contribution in [3.63, 3.8) is 0 Å². The summed E-state index contributed by atoms with van der Waals surface area (Å²) >= 11 is 0. The predicted octanol–water partition coefficient (Wildman–Crippen LogP) is 5.42. The summed E-state index contributed by atoms with van der Waals surface area (Å²) in [5, 5.41) is 11.8. The van der Waals surface area contributed by atoms with E-state index >= 15 is 0 Å². The van der Waals surface area contributed by atoms with Gasteiger partial charge in [0.25, 0.3) is 10.0 Å². The van der Waals surface area contributed by atoms with Gasteiger partial charge in [-0.2, -0.15) is 0 Å². The van der Waals surface area contributed by atoms with Gasteiger partial charge in [-0.3, -0.25) is 0 Å². The van der Waals surface area contributed by atoms with Crippen LogP contribution >= 0.6 is 0 Å². The predicted molar refractivity (Wildman–Crippen MR) is 118 cm³/mol. The number of phenolic OH excluding ortho intramolecular Hbond substituents is 1. The Hall–Kier alpha value is -2.79. The third-order valence-corrected chi connectivity index (χ3v) is 7.38. The van der Waals surface area contributed by atoms with Crippen LogP contribution in [0.2, 0.25) is 0 Å². The van der Waals surface area contributed by atoms with Gasteiger partial charge in [0, 0.05) is 10.8 Å². The molecule has 0 aliphatic carbocycles. The third kappa shape index (κ3) is 2.92. The van der Waals surface area contributed by atoms with Gasteiger partial charge in [-0.25, -0.2) is 12.4 Å². The maximum Gasteiger partial charge on any atom is 0.268 e. The molecule has 0 saturated heterocycles. The lowest BCUT2D eigenvalue weighted by Crippen LogP contribution is -2.14. The van der Waals surface area contributed by atoms with Crippen molar-refractivity contribution in [3.8, 4) is 5.75 Å². The number of benzene rings is 3. The molecule has 0 spiro atoms. The largest absolute Gasteiger partial charge is 0.508 e. The molecule has 1 aromatic heterocycles. The van der Waals surface area contributed by atoms with E-state index in [1.807, 2.05) is 6.07 Å². The highest BCUT2D eigenvalue weighted by molar-refractivity contribution is 7.90. The van der Waals surface area contributed by atoms with Crippen molar-refractivity contribution in [2.75, 3.05) is 0 Å². The fourth-order valence-corrected chi connectivity index (χ4v) is 5.88. The van der Waals surface area contributed by atoms with E-state index in [-0.39, 0.29) is 10.6 Å². The van der Waals surface area contributed by atoms with Crippen LogP contribution in [-0.4, -0.2) is 17.5 Å². The molecule has 0 unspecified atom stereocenters.